The van der Waals surface area contributed by atoms with E-state index in [9.17, 15) is 22.8 Å². The Morgan fingerprint density at radius 3 is 2.10 bits per heavy atom. The van der Waals surface area contributed by atoms with Crippen molar-refractivity contribution >= 4 is 29.4 Å². The standard InChI is InChI=1S/C12H11F3N2O2S/c1-7-10(18)16(2)11(19)17(7)8-3-5-9(6-4-8)20-12(13,14)15/h3-7H,1-2H3. The number of likely N-dealkylation sites (N-methyl/N-ethyl adjacent to an activating group) is 1. The van der Waals surface area contributed by atoms with Gasteiger partial charge in [-0.15, -0.1) is 0 Å². The van der Waals surface area contributed by atoms with Crippen molar-refractivity contribution in [2.45, 2.75) is 23.4 Å². The van der Waals surface area contributed by atoms with Gasteiger partial charge in [-0.05, 0) is 43.0 Å². The van der Waals surface area contributed by atoms with Crippen LogP contribution in [0.5, 0.6) is 0 Å². The summed E-state index contributed by atoms with van der Waals surface area (Å²) < 4.78 is 36.6. The van der Waals surface area contributed by atoms with E-state index in [-0.39, 0.29) is 22.6 Å². The number of hydrogen-bond acceptors (Lipinski definition) is 3. The number of anilines is 1. The molecule has 0 radical (unpaired) electrons. The summed E-state index contributed by atoms with van der Waals surface area (Å²) in [5.41, 5.74) is -3.96. The predicted octanol–water partition coefficient (Wildman–Crippen LogP) is 3.09. The van der Waals surface area contributed by atoms with Gasteiger partial charge in [0.25, 0.3) is 5.91 Å². The zero-order valence-corrected chi connectivity index (χ0v) is 11.5. The minimum Gasteiger partial charge on any atom is -0.282 e. The van der Waals surface area contributed by atoms with Crippen molar-refractivity contribution in [3.05, 3.63) is 24.3 Å². The molecule has 0 bridgehead atoms. The van der Waals surface area contributed by atoms with E-state index in [2.05, 4.69) is 0 Å². The molecule has 1 saturated heterocycles. The lowest BCUT2D eigenvalue weighted by molar-refractivity contribution is -0.125. The molecule has 1 fully saturated rings. The van der Waals surface area contributed by atoms with E-state index in [1.54, 1.807) is 6.92 Å². The summed E-state index contributed by atoms with van der Waals surface area (Å²) in [5.74, 6) is -0.344. The number of thioether (sulfide) groups is 1. The number of hydrogen-bond donors (Lipinski definition) is 0. The van der Waals surface area contributed by atoms with Crippen LogP contribution in [0.2, 0.25) is 0 Å². The number of rotatable bonds is 2. The second-order valence-electron chi connectivity index (χ2n) is 4.27. The number of carbonyl (C=O) groups excluding carboxylic acids is 2. The Balaban J connectivity index is 2.23. The Hall–Kier alpha value is -1.70. The molecule has 0 aliphatic carbocycles. The van der Waals surface area contributed by atoms with Crippen LogP contribution in [-0.4, -0.2) is 35.4 Å². The fourth-order valence-electron chi connectivity index (χ4n) is 1.95. The van der Waals surface area contributed by atoms with Gasteiger partial charge in [-0.25, -0.2) is 4.79 Å². The number of alkyl halides is 3. The molecule has 20 heavy (non-hydrogen) atoms. The van der Waals surface area contributed by atoms with Crippen molar-refractivity contribution in [2.24, 2.45) is 0 Å². The van der Waals surface area contributed by atoms with Gasteiger partial charge in [0.2, 0.25) is 0 Å². The fraction of sp³-hybridized carbons (Fsp3) is 0.333. The largest absolute Gasteiger partial charge is 0.446 e. The van der Waals surface area contributed by atoms with Crippen molar-refractivity contribution in [1.29, 1.82) is 0 Å². The highest BCUT2D eigenvalue weighted by Gasteiger charge is 2.41. The van der Waals surface area contributed by atoms with Gasteiger partial charge < -0.3 is 0 Å². The molecule has 0 spiro atoms. The molecular formula is C12H11F3N2O2S. The lowest BCUT2D eigenvalue weighted by Crippen LogP contribution is -2.32. The van der Waals surface area contributed by atoms with Crippen LogP contribution in [0, 0.1) is 0 Å². The highest BCUT2D eigenvalue weighted by molar-refractivity contribution is 8.00. The molecule has 2 rings (SSSR count). The van der Waals surface area contributed by atoms with Gasteiger partial charge in [-0.2, -0.15) is 13.2 Å². The average molecular weight is 304 g/mol. The van der Waals surface area contributed by atoms with Gasteiger partial charge >= 0.3 is 11.5 Å². The van der Waals surface area contributed by atoms with E-state index < -0.39 is 17.6 Å². The van der Waals surface area contributed by atoms with Gasteiger partial charge in [0, 0.05) is 17.6 Å². The maximum absolute atomic E-state index is 12.2. The first kappa shape index (κ1) is 14.7. The topological polar surface area (TPSA) is 40.6 Å². The van der Waals surface area contributed by atoms with Crippen molar-refractivity contribution < 1.29 is 22.8 Å². The first-order valence-electron chi connectivity index (χ1n) is 5.67. The van der Waals surface area contributed by atoms with Crippen LogP contribution in [0.1, 0.15) is 6.92 Å². The molecule has 4 nitrogen and oxygen atoms in total. The second-order valence-corrected chi connectivity index (χ2v) is 5.41. The van der Waals surface area contributed by atoms with Crippen LogP contribution in [-0.2, 0) is 4.79 Å². The van der Waals surface area contributed by atoms with Crippen molar-refractivity contribution in [3.8, 4) is 0 Å². The summed E-state index contributed by atoms with van der Waals surface area (Å²) >= 11 is -0.226. The molecule has 1 aromatic carbocycles. The molecule has 1 aliphatic heterocycles. The Morgan fingerprint density at radius 1 is 1.15 bits per heavy atom. The zero-order valence-electron chi connectivity index (χ0n) is 10.6. The monoisotopic (exact) mass is 304 g/mol. The maximum Gasteiger partial charge on any atom is 0.446 e. The first-order valence-corrected chi connectivity index (χ1v) is 6.49. The Kier molecular flexibility index (Phi) is 3.68. The molecule has 1 atom stereocenters. The number of carbonyl (C=O) groups is 2. The quantitative estimate of drug-likeness (QED) is 0.623. The molecule has 1 unspecified atom stereocenters. The molecular weight excluding hydrogens is 293 g/mol. The summed E-state index contributed by atoms with van der Waals surface area (Å²) in [6, 6.07) is 4.20. The fourth-order valence-corrected chi connectivity index (χ4v) is 2.49. The number of nitrogens with zero attached hydrogens (tertiary/aromatic N) is 2. The van der Waals surface area contributed by atoms with Gasteiger partial charge in [0.15, 0.2) is 0 Å². The smallest absolute Gasteiger partial charge is 0.282 e. The highest BCUT2D eigenvalue weighted by Crippen LogP contribution is 2.37. The minimum absolute atomic E-state index is 0.0280. The molecule has 1 aromatic rings. The highest BCUT2D eigenvalue weighted by atomic mass is 32.2. The Bertz CT molecular complexity index is 545. The van der Waals surface area contributed by atoms with E-state index in [1.807, 2.05) is 0 Å². The van der Waals surface area contributed by atoms with Crippen LogP contribution >= 0.6 is 11.8 Å². The third-order valence-electron chi connectivity index (χ3n) is 2.92. The molecule has 3 amide bonds. The number of urea groups is 1. The zero-order chi connectivity index (χ0) is 15.1. The number of imide groups is 1. The van der Waals surface area contributed by atoms with Gasteiger partial charge in [0.1, 0.15) is 6.04 Å². The second kappa shape index (κ2) is 5.01. The number of benzene rings is 1. The summed E-state index contributed by atoms with van der Waals surface area (Å²) in [4.78, 5) is 25.8. The molecule has 1 heterocycles. The lowest BCUT2D eigenvalue weighted by Gasteiger charge is -2.19. The molecule has 108 valence electrons. The van der Waals surface area contributed by atoms with E-state index in [0.29, 0.717) is 5.69 Å². The lowest BCUT2D eigenvalue weighted by atomic mass is 10.2. The SMILES string of the molecule is CC1C(=O)N(C)C(=O)N1c1ccc(SC(F)(F)F)cc1. The summed E-state index contributed by atoms with van der Waals surface area (Å²) in [5, 5.41) is 0. The van der Waals surface area contributed by atoms with Crippen LogP contribution < -0.4 is 4.90 Å². The third kappa shape index (κ3) is 2.74. The predicted molar refractivity (Wildman–Crippen MR) is 68.5 cm³/mol. The van der Waals surface area contributed by atoms with Crippen LogP contribution in [0.3, 0.4) is 0 Å². The van der Waals surface area contributed by atoms with Gasteiger partial charge in [-0.1, -0.05) is 0 Å². The average Bonchev–Trinajstić information content (AvgIpc) is 2.54. The molecule has 0 saturated carbocycles. The van der Waals surface area contributed by atoms with Gasteiger partial charge in [0.05, 0.1) is 0 Å². The number of halogens is 3. The normalized spacial score (nSPS) is 19.9. The molecule has 0 N–H and O–H groups in total. The number of amides is 3. The molecule has 0 aromatic heterocycles. The van der Waals surface area contributed by atoms with E-state index >= 15 is 0 Å². The van der Waals surface area contributed by atoms with Crippen molar-refractivity contribution in [1.82, 2.24) is 4.90 Å². The van der Waals surface area contributed by atoms with Crippen molar-refractivity contribution in [2.75, 3.05) is 11.9 Å². The van der Waals surface area contributed by atoms with E-state index in [1.165, 1.54) is 36.2 Å². The van der Waals surface area contributed by atoms with Gasteiger partial charge in [-0.3, -0.25) is 14.6 Å². The van der Waals surface area contributed by atoms with Crippen LogP contribution in [0.25, 0.3) is 0 Å². The first-order chi connectivity index (χ1) is 9.20. The molecule has 1 aliphatic rings. The molecule has 8 heteroatoms. The third-order valence-corrected chi connectivity index (χ3v) is 3.66. The Labute approximate surface area is 117 Å². The summed E-state index contributed by atoms with van der Waals surface area (Å²) in [7, 11) is 1.37. The maximum atomic E-state index is 12.2. The van der Waals surface area contributed by atoms with E-state index in [0.717, 1.165) is 4.90 Å². The summed E-state index contributed by atoms with van der Waals surface area (Å²) in [6.07, 6.45) is 0. The van der Waals surface area contributed by atoms with Crippen molar-refractivity contribution in [3.63, 3.8) is 0 Å². The minimum atomic E-state index is -4.35. The van der Waals surface area contributed by atoms with E-state index in [4.69, 9.17) is 0 Å². The summed E-state index contributed by atoms with van der Waals surface area (Å²) in [6.45, 7) is 1.57. The van der Waals surface area contributed by atoms with Crippen LogP contribution in [0.4, 0.5) is 23.7 Å². The van der Waals surface area contributed by atoms with Crippen LogP contribution in [0.15, 0.2) is 29.2 Å². The Morgan fingerprint density at radius 2 is 1.70 bits per heavy atom.